The molecular formula is C31H34Cl2F2N2O4. The lowest BCUT2D eigenvalue weighted by molar-refractivity contribution is -0.121. The number of ketones is 1. The van der Waals surface area contributed by atoms with Gasteiger partial charge in [-0.1, -0.05) is 53.6 Å². The van der Waals surface area contributed by atoms with Gasteiger partial charge in [0.05, 0.1) is 29.8 Å². The van der Waals surface area contributed by atoms with Gasteiger partial charge in [-0.3, -0.25) is 4.79 Å². The van der Waals surface area contributed by atoms with Crippen molar-refractivity contribution in [3.63, 3.8) is 0 Å². The topological polar surface area (TPSA) is 114 Å². The minimum absolute atomic E-state index is 0.00117. The molecule has 0 bridgehead atoms. The SMILES string of the molecule is N#C[C@]1(c2ccc(Cl)cc2F)[C@H](CC2(CO)CC=CCC2)N[C@@H](C(=O)CCC[C@H](O)CO)[C@@H]1c1cccc(Cl)c1F. The van der Waals surface area contributed by atoms with Crippen LogP contribution >= 0.6 is 23.2 Å². The molecule has 1 heterocycles. The van der Waals surface area contributed by atoms with E-state index in [1.165, 1.54) is 30.3 Å². The fourth-order valence-electron chi connectivity index (χ4n) is 6.52. The molecule has 4 rings (SSSR count). The van der Waals surface area contributed by atoms with E-state index in [2.05, 4.69) is 11.4 Å². The molecule has 1 saturated heterocycles. The van der Waals surface area contributed by atoms with Crippen LogP contribution in [0.1, 0.15) is 62.0 Å². The van der Waals surface area contributed by atoms with E-state index in [-0.39, 0.29) is 59.2 Å². The minimum Gasteiger partial charge on any atom is -0.396 e. The second-order valence-corrected chi connectivity index (χ2v) is 12.0. The average Bonchev–Trinajstić information content (AvgIpc) is 3.28. The molecule has 1 aliphatic carbocycles. The molecule has 0 aromatic heterocycles. The summed E-state index contributed by atoms with van der Waals surface area (Å²) in [7, 11) is 0. The standard InChI is InChI=1S/C31H34Cl2F2N2O4/c32-19-10-11-22(24(34)14-19)31(17-36)26(15-30(18-39)12-2-1-3-13-30)37-29(25(41)9-4-6-20(40)16-38)27(31)21-7-5-8-23(33)28(21)35/h1-2,5,7-8,10-11,14,20,26-27,29,37-40H,3-4,6,9,12-13,15-16,18H2/t20-,26-,27-,29-,30?,31-/m0/s1. The van der Waals surface area contributed by atoms with Crippen molar-refractivity contribution in [1.82, 2.24) is 5.32 Å². The zero-order valence-electron chi connectivity index (χ0n) is 22.5. The summed E-state index contributed by atoms with van der Waals surface area (Å²) in [6.45, 7) is -0.632. The van der Waals surface area contributed by atoms with Gasteiger partial charge in [-0.05, 0) is 67.7 Å². The van der Waals surface area contributed by atoms with Crippen LogP contribution in [0, 0.1) is 28.4 Å². The Labute approximate surface area is 248 Å². The number of aliphatic hydroxyl groups is 3. The number of halogens is 4. The van der Waals surface area contributed by atoms with E-state index in [9.17, 15) is 20.3 Å². The molecule has 2 aromatic carbocycles. The summed E-state index contributed by atoms with van der Waals surface area (Å²) in [5, 5.41) is 43.7. The number of nitrogens with one attached hydrogen (secondary N) is 1. The van der Waals surface area contributed by atoms with Gasteiger partial charge in [0.1, 0.15) is 22.8 Å². The van der Waals surface area contributed by atoms with Gasteiger partial charge in [0.25, 0.3) is 0 Å². The van der Waals surface area contributed by atoms with E-state index in [1.54, 1.807) is 0 Å². The molecule has 1 unspecified atom stereocenters. The van der Waals surface area contributed by atoms with Gasteiger partial charge >= 0.3 is 0 Å². The summed E-state index contributed by atoms with van der Waals surface area (Å²) >= 11 is 12.3. The number of benzene rings is 2. The van der Waals surface area contributed by atoms with E-state index in [0.717, 1.165) is 6.07 Å². The largest absolute Gasteiger partial charge is 0.396 e. The van der Waals surface area contributed by atoms with Gasteiger partial charge in [-0.15, -0.1) is 0 Å². The van der Waals surface area contributed by atoms with E-state index >= 15 is 8.78 Å². The highest BCUT2D eigenvalue weighted by Gasteiger charge is 2.61. The molecule has 1 aliphatic heterocycles. The van der Waals surface area contributed by atoms with Gasteiger partial charge in [0, 0.05) is 35.6 Å². The number of Topliss-reactive ketones (excluding diaryl/α,β-unsaturated/α-hetero) is 1. The van der Waals surface area contributed by atoms with Gasteiger partial charge in [-0.2, -0.15) is 5.26 Å². The first-order valence-electron chi connectivity index (χ1n) is 13.8. The molecule has 0 saturated carbocycles. The van der Waals surface area contributed by atoms with Crippen molar-refractivity contribution in [3.8, 4) is 6.07 Å². The van der Waals surface area contributed by atoms with E-state index < -0.39 is 53.2 Å². The van der Waals surface area contributed by atoms with Crippen LogP contribution in [0.25, 0.3) is 0 Å². The highest BCUT2D eigenvalue weighted by Crippen LogP contribution is 2.54. The smallest absolute Gasteiger partial charge is 0.150 e. The quantitative estimate of drug-likeness (QED) is 0.256. The summed E-state index contributed by atoms with van der Waals surface area (Å²) < 4.78 is 31.6. The number of hydrogen-bond acceptors (Lipinski definition) is 6. The number of carbonyl (C=O) groups excluding carboxylic acids is 1. The number of nitriles is 1. The maximum absolute atomic E-state index is 15.8. The zero-order chi connectivity index (χ0) is 29.8. The zero-order valence-corrected chi connectivity index (χ0v) is 24.0. The highest BCUT2D eigenvalue weighted by molar-refractivity contribution is 6.31. The van der Waals surface area contributed by atoms with Crippen LogP contribution in [-0.4, -0.2) is 52.5 Å². The number of hydrogen-bond donors (Lipinski definition) is 4. The van der Waals surface area contributed by atoms with Gasteiger partial charge in [-0.25, -0.2) is 8.78 Å². The predicted octanol–water partition coefficient (Wildman–Crippen LogP) is 5.36. The Morgan fingerprint density at radius 3 is 2.61 bits per heavy atom. The van der Waals surface area contributed by atoms with Crippen LogP contribution in [-0.2, 0) is 10.2 Å². The van der Waals surface area contributed by atoms with Crippen molar-refractivity contribution in [2.75, 3.05) is 13.2 Å². The number of nitrogens with zero attached hydrogens (tertiary/aromatic N) is 1. The lowest BCUT2D eigenvalue weighted by Crippen LogP contribution is -2.47. The maximum Gasteiger partial charge on any atom is 0.150 e. The Balaban J connectivity index is 1.91. The first-order valence-corrected chi connectivity index (χ1v) is 14.5. The molecule has 6 atom stereocenters. The van der Waals surface area contributed by atoms with Crippen LogP contribution in [0.4, 0.5) is 8.78 Å². The third-order valence-corrected chi connectivity index (χ3v) is 9.21. The summed E-state index contributed by atoms with van der Waals surface area (Å²) in [4.78, 5) is 13.8. The molecule has 0 amide bonds. The molecule has 41 heavy (non-hydrogen) atoms. The molecule has 2 aliphatic rings. The Morgan fingerprint density at radius 2 is 1.98 bits per heavy atom. The number of carbonyl (C=O) groups is 1. The summed E-state index contributed by atoms with van der Waals surface area (Å²) in [5.74, 6) is -3.10. The fraction of sp³-hybridized carbons (Fsp3) is 0.484. The third kappa shape index (κ3) is 6.22. The minimum atomic E-state index is -1.78. The lowest BCUT2D eigenvalue weighted by Gasteiger charge is -2.41. The molecule has 0 radical (unpaired) electrons. The second-order valence-electron chi connectivity index (χ2n) is 11.2. The first-order chi connectivity index (χ1) is 19.6. The van der Waals surface area contributed by atoms with Crippen molar-refractivity contribution in [3.05, 3.63) is 81.4 Å². The normalized spacial score (nSPS) is 28.4. The Kier molecular flexibility index (Phi) is 10.2. The van der Waals surface area contributed by atoms with Crippen LogP contribution < -0.4 is 5.32 Å². The van der Waals surface area contributed by atoms with Gasteiger partial charge in [0.2, 0.25) is 0 Å². The average molecular weight is 608 g/mol. The molecule has 0 spiro atoms. The fourth-order valence-corrected chi connectivity index (χ4v) is 6.86. The molecule has 220 valence electrons. The van der Waals surface area contributed by atoms with Crippen LogP contribution in [0.15, 0.2) is 48.6 Å². The third-order valence-electron chi connectivity index (χ3n) is 8.68. The number of aliphatic hydroxyl groups excluding tert-OH is 3. The molecular weight excluding hydrogens is 573 g/mol. The maximum atomic E-state index is 15.8. The number of rotatable bonds is 11. The van der Waals surface area contributed by atoms with Crippen molar-refractivity contribution in [2.24, 2.45) is 5.41 Å². The van der Waals surface area contributed by atoms with Crippen LogP contribution in [0.3, 0.4) is 0 Å². The molecule has 2 aromatic rings. The highest BCUT2D eigenvalue weighted by atomic mass is 35.5. The van der Waals surface area contributed by atoms with Gasteiger partial charge < -0.3 is 20.6 Å². The molecule has 10 heteroatoms. The van der Waals surface area contributed by atoms with E-state index in [0.29, 0.717) is 19.3 Å². The Hall–Kier alpha value is -2.38. The second kappa shape index (κ2) is 13.3. The van der Waals surface area contributed by atoms with Crippen LogP contribution in [0.5, 0.6) is 0 Å². The van der Waals surface area contributed by atoms with E-state index in [4.69, 9.17) is 28.3 Å². The predicted molar refractivity (Wildman–Crippen MR) is 153 cm³/mol. The molecule has 4 N–H and O–H groups in total. The monoisotopic (exact) mass is 606 g/mol. The molecule has 6 nitrogen and oxygen atoms in total. The van der Waals surface area contributed by atoms with Crippen molar-refractivity contribution < 1.29 is 28.9 Å². The van der Waals surface area contributed by atoms with Crippen molar-refractivity contribution >= 4 is 29.0 Å². The summed E-state index contributed by atoms with van der Waals surface area (Å²) in [6, 6.07) is 8.64. The Morgan fingerprint density at radius 1 is 1.20 bits per heavy atom. The molecule has 1 fully saturated rings. The summed E-state index contributed by atoms with van der Waals surface area (Å²) in [5.41, 5.74) is -2.46. The lowest BCUT2D eigenvalue weighted by atomic mass is 9.60. The van der Waals surface area contributed by atoms with Crippen molar-refractivity contribution in [1.29, 1.82) is 5.26 Å². The van der Waals surface area contributed by atoms with Crippen molar-refractivity contribution in [2.45, 2.75) is 74.5 Å². The first kappa shape index (κ1) is 31.6. The van der Waals surface area contributed by atoms with Crippen LogP contribution in [0.2, 0.25) is 10.0 Å². The number of allylic oxidation sites excluding steroid dienone is 2. The van der Waals surface area contributed by atoms with E-state index in [1.807, 2.05) is 12.2 Å². The summed E-state index contributed by atoms with van der Waals surface area (Å²) in [6.07, 6.45) is 5.46. The Bertz CT molecular complexity index is 1340. The van der Waals surface area contributed by atoms with Gasteiger partial charge in [0.15, 0.2) is 0 Å².